The first-order valence-electron chi connectivity index (χ1n) is 9.13. The van der Waals surface area contributed by atoms with Crippen LogP contribution < -0.4 is 10.1 Å². The summed E-state index contributed by atoms with van der Waals surface area (Å²) in [5.41, 5.74) is 1.73. The van der Waals surface area contributed by atoms with Crippen LogP contribution in [0.15, 0.2) is 48.5 Å². The molecule has 26 heavy (non-hydrogen) atoms. The smallest absolute Gasteiger partial charge is 0.407 e. The summed E-state index contributed by atoms with van der Waals surface area (Å²) in [6.45, 7) is 12.1. The Morgan fingerprint density at radius 1 is 1.04 bits per heavy atom. The summed E-state index contributed by atoms with van der Waals surface area (Å²) < 4.78 is 11.1. The van der Waals surface area contributed by atoms with Crippen LogP contribution >= 0.6 is 0 Å². The Kier molecular flexibility index (Phi) is 8.70. The van der Waals surface area contributed by atoms with Gasteiger partial charge in [0.25, 0.3) is 0 Å². The third-order valence-corrected chi connectivity index (χ3v) is 3.29. The van der Waals surface area contributed by atoms with Crippen LogP contribution in [-0.4, -0.2) is 18.2 Å². The summed E-state index contributed by atoms with van der Waals surface area (Å²) >= 11 is 0. The SMILES string of the molecule is CC.Cc1cc(CCNC(=O)OC(C)(C)C)ccc1Oc1ccccc1. The molecule has 0 aliphatic rings. The van der Waals surface area contributed by atoms with E-state index < -0.39 is 5.60 Å². The van der Waals surface area contributed by atoms with Crippen LogP contribution in [0.25, 0.3) is 0 Å². The zero-order valence-corrected chi connectivity index (χ0v) is 16.8. The van der Waals surface area contributed by atoms with E-state index in [1.165, 1.54) is 0 Å². The molecule has 0 atom stereocenters. The summed E-state index contributed by atoms with van der Waals surface area (Å²) in [5, 5.41) is 2.77. The first kappa shape index (κ1) is 21.6. The number of para-hydroxylation sites is 1. The van der Waals surface area contributed by atoms with E-state index in [1.807, 2.05) is 84.0 Å². The van der Waals surface area contributed by atoms with E-state index >= 15 is 0 Å². The lowest BCUT2D eigenvalue weighted by atomic mass is 10.1. The molecule has 2 aromatic rings. The zero-order valence-electron chi connectivity index (χ0n) is 16.8. The number of carbonyl (C=O) groups is 1. The molecule has 1 N–H and O–H groups in total. The van der Waals surface area contributed by atoms with E-state index in [0.29, 0.717) is 6.54 Å². The molecule has 0 aromatic heterocycles. The van der Waals surface area contributed by atoms with Crippen LogP contribution in [0.3, 0.4) is 0 Å². The van der Waals surface area contributed by atoms with Crippen LogP contribution in [0, 0.1) is 6.92 Å². The third-order valence-electron chi connectivity index (χ3n) is 3.29. The van der Waals surface area contributed by atoms with Crippen LogP contribution in [0.5, 0.6) is 11.5 Å². The number of hydrogen-bond donors (Lipinski definition) is 1. The number of hydrogen-bond acceptors (Lipinski definition) is 3. The number of alkyl carbamates (subject to hydrolysis) is 1. The van der Waals surface area contributed by atoms with Gasteiger partial charge in [0.05, 0.1) is 0 Å². The Bertz CT molecular complexity index is 676. The fourth-order valence-corrected chi connectivity index (χ4v) is 2.22. The Morgan fingerprint density at radius 3 is 2.27 bits per heavy atom. The molecule has 0 aliphatic heterocycles. The van der Waals surface area contributed by atoms with Gasteiger partial charge in [-0.15, -0.1) is 0 Å². The molecule has 142 valence electrons. The molecule has 0 spiro atoms. The van der Waals surface area contributed by atoms with E-state index in [0.717, 1.165) is 29.0 Å². The van der Waals surface area contributed by atoms with Gasteiger partial charge in [-0.05, 0) is 63.4 Å². The molecule has 0 radical (unpaired) electrons. The molecule has 0 bridgehead atoms. The Labute approximate surface area is 157 Å². The van der Waals surface area contributed by atoms with Gasteiger partial charge < -0.3 is 14.8 Å². The van der Waals surface area contributed by atoms with Gasteiger partial charge >= 0.3 is 6.09 Å². The lowest BCUT2D eigenvalue weighted by Gasteiger charge is -2.19. The van der Waals surface area contributed by atoms with Crippen molar-refractivity contribution in [1.29, 1.82) is 0 Å². The van der Waals surface area contributed by atoms with Crippen molar-refractivity contribution in [3.8, 4) is 11.5 Å². The molecule has 0 unspecified atom stereocenters. The maximum absolute atomic E-state index is 11.6. The van der Waals surface area contributed by atoms with E-state index in [9.17, 15) is 4.79 Å². The van der Waals surface area contributed by atoms with Crippen LogP contribution in [0.1, 0.15) is 45.7 Å². The molecule has 0 heterocycles. The second-order valence-corrected chi connectivity index (χ2v) is 6.69. The number of amides is 1. The average molecular weight is 357 g/mol. The van der Waals surface area contributed by atoms with Gasteiger partial charge in [0, 0.05) is 6.54 Å². The van der Waals surface area contributed by atoms with Gasteiger partial charge in [0.15, 0.2) is 0 Å². The minimum Gasteiger partial charge on any atom is -0.457 e. The van der Waals surface area contributed by atoms with E-state index in [2.05, 4.69) is 11.4 Å². The molecule has 0 saturated heterocycles. The molecule has 1 amide bonds. The normalized spacial score (nSPS) is 10.4. The highest BCUT2D eigenvalue weighted by atomic mass is 16.6. The van der Waals surface area contributed by atoms with Crippen molar-refractivity contribution < 1.29 is 14.3 Å². The summed E-state index contributed by atoms with van der Waals surface area (Å²) in [5.74, 6) is 1.66. The lowest BCUT2D eigenvalue weighted by Crippen LogP contribution is -2.33. The molecule has 0 fully saturated rings. The van der Waals surface area contributed by atoms with Crippen LogP contribution in [0.2, 0.25) is 0 Å². The second kappa shape index (κ2) is 10.5. The summed E-state index contributed by atoms with van der Waals surface area (Å²) in [6, 6.07) is 15.8. The Balaban J connectivity index is 0.00000163. The minimum absolute atomic E-state index is 0.386. The highest BCUT2D eigenvalue weighted by Crippen LogP contribution is 2.25. The topological polar surface area (TPSA) is 47.6 Å². The van der Waals surface area contributed by atoms with Crippen LogP contribution in [-0.2, 0) is 11.2 Å². The number of benzene rings is 2. The molecule has 2 aromatic carbocycles. The standard InChI is InChI=1S/C20H25NO3.C2H6/c1-15-14-16(12-13-21-19(22)24-20(2,3)4)10-11-18(15)23-17-8-6-5-7-9-17;1-2/h5-11,14H,12-13H2,1-4H3,(H,21,22);1-2H3. The summed E-state index contributed by atoms with van der Waals surface area (Å²) in [7, 11) is 0. The van der Waals surface area contributed by atoms with Gasteiger partial charge in [0.1, 0.15) is 17.1 Å². The minimum atomic E-state index is -0.475. The largest absolute Gasteiger partial charge is 0.457 e. The van der Waals surface area contributed by atoms with Gasteiger partial charge in [-0.1, -0.05) is 44.2 Å². The van der Waals surface area contributed by atoms with Crippen molar-refractivity contribution in [2.75, 3.05) is 6.54 Å². The second-order valence-electron chi connectivity index (χ2n) is 6.69. The van der Waals surface area contributed by atoms with Crippen LogP contribution in [0.4, 0.5) is 4.79 Å². The molecular formula is C22H31NO3. The molecular weight excluding hydrogens is 326 g/mol. The maximum Gasteiger partial charge on any atom is 0.407 e. The highest BCUT2D eigenvalue weighted by Gasteiger charge is 2.15. The fourth-order valence-electron chi connectivity index (χ4n) is 2.22. The summed E-state index contributed by atoms with van der Waals surface area (Å²) in [6.07, 6.45) is 0.356. The number of aryl methyl sites for hydroxylation is 1. The monoisotopic (exact) mass is 357 g/mol. The van der Waals surface area contributed by atoms with Crippen molar-refractivity contribution in [2.24, 2.45) is 0 Å². The maximum atomic E-state index is 11.6. The molecule has 4 heteroatoms. The molecule has 2 rings (SSSR count). The Hall–Kier alpha value is -2.49. The first-order valence-corrected chi connectivity index (χ1v) is 9.13. The van der Waals surface area contributed by atoms with Gasteiger partial charge in [0.2, 0.25) is 0 Å². The zero-order chi connectivity index (χ0) is 19.6. The quantitative estimate of drug-likeness (QED) is 0.727. The number of nitrogens with one attached hydrogen (secondary N) is 1. The lowest BCUT2D eigenvalue weighted by molar-refractivity contribution is 0.0528. The molecule has 0 saturated carbocycles. The fraction of sp³-hybridized carbons (Fsp3) is 0.409. The van der Waals surface area contributed by atoms with E-state index in [4.69, 9.17) is 9.47 Å². The molecule has 0 aliphatic carbocycles. The summed E-state index contributed by atoms with van der Waals surface area (Å²) in [4.78, 5) is 11.6. The Morgan fingerprint density at radius 2 is 1.69 bits per heavy atom. The average Bonchev–Trinajstić information content (AvgIpc) is 2.58. The van der Waals surface area contributed by atoms with Crippen molar-refractivity contribution in [3.05, 3.63) is 59.7 Å². The van der Waals surface area contributed by atoms with Gasteiger partial charge in [-0.25, -0.2) is 4.79 Å². The van der Waals surface area contributed by atoms with Crippen molar-refractivity contribution in [3.63, 3.8) is 0 Å². The van der Waals surface area contributed by atoms with Crippen molar-refractivity contribution in [1.82, 2.24) is 5.32 Å². The third kappa shape index (κ3) is 8.06. The van der Waals surface area contributed by atoms with E-state index in [1.54, 1.807) is 0 Å². The first-order chi connectivity index (χ1) is 12.3. The van der Waals surface area contributed by atoms with Gasteiger partial charge in [-0.3, -0.25) is 0 Å². The number of carbonyl (C=O) groups excluding carboxylic acids is 1. The predicted octanol–water partition coefficient (Wildman–Crippen LogP) is 5.88. The predicted molar refractivity (Wildman–Crippen MR) is 107 cm³/mol. The van der Waals surface area contributed by atoms with Crippen molar-refractivity contribution in [2.45, 2.75) is 53.6 Å². The van der Waals surface area contributed by atoms with Gasteiger partial charge in [-0.2, -0.15) is 0 Å². The molecule has 4 nitrogen and oxygen atoms in total. The number of ether oxygens (including phenoxy) is 2. The van der Waals surface area contributed by atoms with Crippen molar-refractivity contribution >= 4 is 6.09 Å². The highest BCUT2D eigenvalue weighted by molar-refractivity contribution is 5.67. The van der Waals surface area contributed by atoms with E-state index in [-0.39, 0.29) is 6.09 Å². The number of rotatable bonds is 5.